The van der Waals surface area contributed by atoms with Gasteiger partial charge in [0, 0.05) is 5.54 Å². The van der Waals surface area contributed by atoms with Crippen LogP contribution >= 0.6 is 0 Å². The number of benzene rings is 1. The monoisotopic (exact) mass is 327 g/mol. The van der Waals surface area contributed by atoms with E-state index in [2.05, 4.69) is 4.72 Å². The van der Waals surface area contributed by atoms with E-state index in [1.165, 1.54) is 19.2 Å². The number of hydrogen-bond acceptors (Lipinski definition) is 4. The Labute approximate surface area is 130 Å². The second-order valence-electron chi connectivity index (χ2n) is 5.79. The zero-order valence-electron chi connectivity index (χ0n) is 12.8. The summed E-state index contributed by atoms with van der Waals surface area (Å²) in [5, 5.41) is 9.07. The number of aliphatic carboxylic acids is 1. The average molecular weight is 327 g/mol. The predicted molar refractivity (Wildman–Crippen MR) is 81.5 cm³/mol. The summed E-state index contributed by atoms with van der Waals surface area (Å²) in [5.41, 5.74) is -0.164. The first kappa shape index (κ1) is 16.8. The van der Waals surface area contributed by atoms with Gasteiger partial charge in [0.05, 0.1) is 18.4 Å². The maximum Gasteiger partial charge on any atom is 0.305 e. The van der Waals surface area contributed by atoms with Gasteiger partial charge in [0.25, 0.3) is 0 Å². The third-order valence-electron chi connectivity index (χ3n) is 4.08. The van der Waals surface area contributed by atoms with Crippen LogP contribution in [-0.2, 0) is 14.8 Å². The molecule has 0 spiro atoms. The molecule has 0 aromatic heterocycles. The molecule has 1 saturated carbocycles. The number of carbonyl (C=O) groups is 1. The lowest BCUT2D eigenvalue weighted by atomic mass is 9.95. The predicted octanol–water partition coefficient (Wildman–Crippen LogP) is 2.07. The van der Waals surface area contributed by atoms with Gasteiger partial charge in [-0.1, -0.05) is 12.8 Å². The molecule has 1 aliphatic rings. The SMILES string of the molecule is COc1ccc(S(=O)(=O)NC2(CC(=O)O)CCCC2)cc1C. The van der Waals surface area contributed by atoms with Crippen LogP contribution in [0.3, 0.4) is 0 Å². The number of hydrogen-bond donors (Lipinski definition) is 2. The fourth-order valence-electron chi connectivity index (χ4n) is 3.02. The zero-order valence-corrected chi connectivity index (χ0v) is 13.6. The summed E-state index contributed by atoms with van der Waals surface area (Å²) in [6.07, 6.45) is 2.57. The molecule has 0 amide bonds. The van der Waals surface area contributed by atoms with Gasteiger partial charge in [-0.25, -0.2) is 13.1 Å². The van der Waals surface area contributed by atoms with Crippen LogP contribution in [0.5, 0.6) is 5.75 Å². The Kier molecular flexibility index (Phi) is 4.77. The zero-order chi connectivity index (χ0) is 16.4. The average Bonchev–Trinajstić information content (AvgIpc) is 2.84. The van der Waals surface area contributed by atoms with E-state index < -0.39 is 21.5 Å². The maximum absolute atomic E-state index is 12.6. The van der Waals surface area contributed by atoms with Gasteiger partial charge in [-0.05, 0) is 43.5 Å². The molecule has 0 bridgehead atoms. The molecular weight excluding hydrogens is 306 g/mol. The number of methoxy groups -OCH3 is 1. The van der Waals surface area contributed by atoms with Crippen molar-refractivity contribution in [3.8, 4) is 5.75 Å². The van der Waals surface area contributed by atoms with Crippen LogP contribution in [0.4, 0.5) is 0 Å². The lowest BCUT2D eigenvalue weighted by molar-refractivity contribution is -0.138. The molecule has 0 aliphatic heterocycles. The van der Waals surface area contributed by atoms with E-state index in [1.807, 2.05) is 0 Å². The summed E-state index contributed by atoms with van der Waals surface area (Å²) < 4.78 is 32.9. The van der Waals surface area contributed by atoms with E-state index in [1.54, 1.807) is 13.0 Å². The maximum atomic E-state index is 12.6. The first-order chi connectivity index (χ1) is 10.3. The highest BCUT2D eigenvalue weighted by molar-refractivity contribution is 7.89. The van der Waals surface area contributed by atoms with E-state index in [9.17, 15) is 13.2 Å². The standard InChI is InChI=1S/C15H21NO5S/c1-11-9-12(5-6-13(11)21-2)22(19,20)16-15(10-14(17)18)7-3-4-8-15/h5-6,9,16H,3-4,7-8,10H2,1-2H3,(H,17,18). The molecule has 1 aromatic rings. The van der Waals surface area contributed by atoms with Crippen molar-refractivity contribution in [1.29, 1.82) is 0 Å². The molecule has 0 atom stereocenters. The minimum Gasteiger partial charge on any atom is -0.496 e. The largest absolute Gasteiger partial charge is 0.496 e. The molecule has 0 saturated heterocycles. The molecule has 2 rings (SSSR count). The Bertz CT molecular complexity index is 663. The van der Waals surface area contributed by atoms with Crippen LogP contribution in [0.1, 0.15) is 37.7 Å². The highest BCUT2D eigenvalue weighted by Gasteiger charge is 2.39. The van der Waals surface area contributed by atoms with Gasteiger partial charge in [-0.2, -0.15) is 0 Å². The van der Waals surface area contributed by atoms with Gasteiger partial charge in [-0.15, -0.1) is 0 Å². The highest BCUT2D eigenvalue weighted by atomic mass is 32.2. The van der Waals surface area contributed by atoms with E-state index in [4.69, 9.17) is 9.84 Å². The van der Waals surface area contributed by atoms with Crippen LogP contribution in [0.25, 0.3) is 0 Å². The topological polar surface area (TPSA) is 92.7 Å². The number of ether oxygens (including phenoxy) is 1. The first-order valence-corrected chi connectivity index (χ1v) is 8.67. The number of sulfonamides is 1. The van der Waals surface area contributed by atoms with E-state index in [0.29, 0.717) is 24.2 Å². The minimum absolute atomic E-state index is 0.127. The summed E-state index contributed by atoms with van der Waals surface area (Å²) in [4.78, 5) is 11.2. The highest BCUT2D eigenvalue weighted by Crippen LogP contribution is 2.34. The van der Waals surface area contributed by atoms with Crippen LogP contribution in [0, 0.1) is 6.92 Å². The Balaban J connectivity index is 2.29. The summed E-state index contributed by atoms with van der Waals surface area (Å²) in [5.74, 6) is -0.379. The van der Waals surface area contributed by atoms with Crippen molar-refractivity contribution >= 4 is 16.0 Å². The summed E-state index contributed by atoms with van der Waals surface area (Å²) >= 11 is 0. The Morgan fingerprint density at radius 2 is 2.00 bits per heavy atom. The molecule has 122 valence electrons. The van der Waals surface area contributed by atoms with Crippen LogP contribution < -0.4 is 9.46 Å². The Morgan fingerprint density at radius 3 is 2.50 bits per heavy atom. The van der Waals surface area contributed by atoms with Crippen molar-refractivity contribution in [2.24, 2.45) is 0 Å². The van der Waals surface area contributed by atoms with E-state index in [-0.39, 0.29) is 11.3 Å². The van der Waals surface area contributed by atoms with Crippen molar-refractivity contribution in [3.05, 3.63) is 23.8 Å². The second-order valence-corrected chi connectivity index (χ2v) is 7.48. The molecule has 1 fully saturated rings. The third kappa shape index (κ3) is 3.59. The molecular formula is C15H21NO5S. The Hall–Kier alpha value is -1.60. The smallest absolute Gasteiger partial charge is 0.305 e. The van der Waals surface area contributed by atoms with Crippen LogP contribution in [0.2, 0.25) is 0 Å². The van der Waals surface area contributed by atoms with Crippen molar-refractivity contribution in [2.45, 2.75) is 49.5 Å². The second kappa shape index (κ2) is 6.26. The van der Waals surface area contributed by atoms with Gasteiger partial charge in [0.15, 0.2) is 0 Å². The number of nitrogens with one attached hydrogen (secondary N) is 1. The molecule has 6 nitrogen and oxygen atoms in total. The molecule has 7 heteroatoms. The van der Waals surface area contributed by atoms with Crippen LogP contribution in [0.15, 0.2) is 23.1 Å². The third-order valence-corrected chi connectivity index (χ3v) is 5.65. The summed E-state index contributed by atoms with van der Waals surface area (Å²) in [6, 6.07) is 4.60. The van der Waals surface area contributed by atoms with E-state index in [0.717, 1.165) is 12.8 Å². The molecule has 0 heterocycles. The first-order valence-electron chi connectivity index (χ1n) is 7.18. The lowest BCUT2D eigenvalue weighted by Crippen LogP contribution is -2.47. The van der Waals surface area contributed by atoms with E-state index >= 15 is 0 Å². The summed E-state index contributed by atoms with van der Waals surface area (Å²) in [7, 11) is -2.24. The van der Waals surface area contributed by atoms with Gasteiger partial charge in [-0.3, -0.25) is 4.79 Å². The van der Waals surface area contributed by atoms with Crippen LogP contribution in [-0.4, -0.2) is 32.1 Å². The molecule has 0 radical (unpaired) electrons. The van der Waals surface area contributed by atoms with Crippen molar-refractivity contribution in [1.82, 2.24) is 4.72 Å². The number of carboxylic acids is 1. The lowest BCUT2D eigenvalue weighted by Gasteiger charge is -2.28. The quantitative estimate of drug-likeness (QED) is 0.834. The minimum atomic E-state index is -3.76. The van der Waals surface area contributed by atoms with Crippen molar-refractivity contribution < 1.29 is 23.1 Å². The normalized spacial score (nSPS) is 17.4. The van der Waals surface area contributed by atoms with Gasteiger partial charge in [0.2, 0.25) is 10.0 Å². The van der Waals surface area contributed by atoms with Gasteiger partial charge < -0.3 is 9.84 Å². The Morgan fingerprint density at radius 1 is 1.36 bits per heavy atom. The molecule has 1 aliphatic carbocycles. The van der Waals surface area contributed by atoms with Gasteiger partial charge >= 0.3 is 5.97 Å². The number of carboxylic acid groups (broad SMARTS) is 1. The number of aryl methyl sites for hydroxylation is 1. The fourth-order valence-corrected chi connectivity index (χ4v) is 4.56. The molecule has 0 unspecified atom stereocenters. The van der Waals surface area contributed by atoms with Gasteiger partial charge in [0.1, 0.15) is 5.75 Å². The molecule has 1 aromatic carbocycles. The van der Waals surface area contributed by atoms with Crippen molar-refractivity contribution in [3.63, 3.8) is 0 Å². The summed E-state index contributed by atoms with van der Waals surface area (Å²) in [6.45, 7) is 1.76. The van der Waals surface area contributed by atoms with Crippen molar-refractivity contribution in [2.75, 3.05) is 7.11 Å². The fraction of sp³-hybridized carbons (Fsp3) is 0.533. The molecule has 2 N–H and O–H groups in total. The molecule has 22 heavy (non-hydrogen) atoms. The number of rotatable bonds is 6.